The van der Waals surface area contributed by atoms with E-state index in [0.717, 1.165) is 49.2 Å². The van der Waals surface area contributed by atoms with Crippen molar-refractivity contribution in [1.29, 1.82) is 0 Å². The van der Waals surface area contributed by atoms with Gasteiger partial charge in [0.1, 0.15) is 12.4 Å². The summed E-state index contributed by atoms with van der Waals surface area (Å²) in [5.41, 5.74) is 2.75. The Morgan fingerprint density at radius 1 is 1.16 bits per heavy atom. The molecule has 162 valence electrons. The Bertz CT molecular complexity index is 1050. The number of likely N-dealkylation sites (tertiary alicyclic amines) is 1. The van der Waals surface area contributed by atoms with E-state index in [1.807, 2.05) is 36.1 Å². The summed E-state index contributed by atoms with van der Waals surface area (Å²) in [6, 6.07) is 7.73. The van der Waals surface area contributed by atoms with Crippen molar-refractivity contribution in [3.05, 3.63) is 41.6 Å². The second-order valence-electron chi connectivity index (χ2n) is 8.72. The fraction of sp³-hybridized carbons (Fsp3) is 0.478. The highest BCUT2D eigenvalue weighted by atomic mass is 16.2. The molecule has 3 aliphatic rings. The quantitative estimate of drug-likeness (QED) is 0.766. The Balaban J connectivity index is 1.55. The molecule has 2 aromatic rings. The Hall–Kier alpha value is -3.16. The number of piperidine rings is 1. The number of amidine groups is 1. The van der Waals surface area contributed by atoms with E-state index in [1.165, 1.54) is 0 Å². The third-order valence-electron chi connectivity index (χ3n) is 6.53. The van der Waals surface area contributed by atoms with Crippen LogP contribution in [0.2, 0.25) is 0 Å². The normalized spacial score (nSPS) is 19.2. The number of nitrogens with zero attached hydrogens (tertiary/aromatic N) is 6. The van der Waals surface area contributed by atoms with Crippen molar-refractivity contribution in [3.8, 4) is 5.69 Å². The van der Waals surface area contributed by atoms with Crippen molar-refractivity contribution in [2.45, 2.75) is 33.1 Å². The van der Waals surface area contributed by atoms with Gasteiger partial charge in [-0.25, -0.2) is 9.48 Å². The van der Waals surface area contributed by atoms with E-state index < -0.39 is 0 Å². The Labute approximate surface area is 182 Å². The first kappa shape index (κ1) is 19.8. The minimum absolute atomic E-state index is 0.0128. The van der Waals surface area contributed by atoms with E-state index in [1.54, 1.807) is 20.7 Å². The number of aromatic nitrogens is 2. The van der Waals surface area contributed by atoms with Gasteiger partial charge in [0.15, 0.2) is 5.82 Å². The summed E-state index contributed by atoms with van der Waals surface area (Å²) in [5, 5.41) is 4.62. The van der Waals surface area contributed by atoms with Crippen LogP contribution in [0, 0.1) is 12.8 Å². The highest BCUT2D eigenvalue weighted by molar-refractivity contribution is 6.19. The smallest absolute Gasteiger partial charge is 0.331 e. The minimum atomic E-state index is -0.194. The third-order valence-corrected chi connectivity index (χ3v) is 6.53. The predicted molar refractivity (Wildman–Crippen MR) is 119 cm³/mol. The highest BCUT2D eigenvalue weighted by Crippen LogP contribution is 2.33. The molecule has 31 heavy (non-hydrogen) atoms. The van der Waals surface area contributed by atoms with Gasteiger partial charge in [-0.3, -0.25) is 19.6 Å². The molecule has 1 aromatic heterocycles. The van der Waals surface area contributed by atoms with Gasteiger partial charge in [-0.2, -0.15) is 5.10 Å². The maximum atomic E-state index is 13.5. The molecule has 0 N–H and O–H groups in total. The molecule has 4 heterocycles. The molecule has 8 nitrogen and oxygen atoms in total. The van der Waals surface area contributed by atoms with Gasteiger partial charge in [-0.15, -0.1) is 0 Å². The summed E-state index contributed by atoms with van der Waals surface area (Å²) in [6.45, 7) is 7.06. The standard InChI is InChI=1S/C23H28N6O2/c1-16-8-12-26(13-9-16)20(30)15-28-22-18(21-24-10-5-11-27(21)23(28)31)14-25-29(22)19-7-4-3-6-17(19)2/h3-4,6-7,14,16H,5,8-13,15H2,1-2H3. The number of para-hydroxylation sites is 1. The lowest BCUT2D eigenvalue weighted by atomic mass is 9.99. The van der Waals surface area contributed by atoms with Gasteiger partial charge in [-0.1, -0.05) is 25.1 Å². The van der Waals surface area contributed by atoms with Crippen molar-refractivity contribution >= 4 is 23.6 Å². The second-order valence-corrected chi connectivity index (χ2v) is 8.72. The molecule has 1 fully saturated rings. The van der Waals surface area contributed by atoms with E-state index in [2.05, 4.69) is 17.0 Å². The van der Waals surface area contributed by atoms with E-state index in [4.69, 9.17) is 0 Å². The fourth-order valence-corrected chi connectivity index (χ4v) is 4.63. The molecule has 0 saturated carbocycles. The molecular formula is C23H28N6O2. The number of hydrogen-bond donors (Lipinski definition) is 0. The first-order valence-electron chi connectivity index (χ1n) is 11.1. The van der Waals surface area contributed by atoms with Crippen LogP contribution in [0.4, 0.5) is 10.6 Å². The highest BCUT2D eigenvalue weighted by Gasteiger charge is 2.41. The Morgan fingerprint density at radius 2 is 1.94 bits per heavy atom. The Morgan fingerprint density at radius 3 is 2.71 bits per heavy atom. The second kappa shape index (κ2) is 7.83. The van der Waals surface area contributed by atoms with Gasteiger partial charge < -0.3 is 4.90 Å². The number of urea groups is 1. The lowest BCUT2D eigenvalue weighted by Gasteiger charge is -2.39. The fourth-order valence-electron chi connectivity index (χ4n) is 4.63. The number of rotatable bonds is 3. The number of aryl methyl sites for hydroxylation is 1. The van der Waals surface area contributed by atoms with E-state index in [0.29, 0.717) is 30.7 Å². The van der Waals surface area contributed by atoms with Crippen LogP contribution in [0.3, 0.4) is 0 Å². The molecule has 1 saturated heterocycles. The van der Waals surface area contributed by atoms with Crippen molar-refractivity contribution in [2.24, 2.45) is 10.9 Å². The molecule has 0 radical (unpaired) electrons. The number of anilines is 1. The zero-order chi connectivity index (χ0) is 21.5. The van der Waals surface area contributed by atoms with Crippen LogP contribution in [0.15, 0.2) is 35.5 Å². The molecular weight excluding hydrogens is 392 g/mol. The molecule has 0 unspecified atom stereocenters. The zero-order valence-electron chi connectivity index (χ0n) is 18.1. The summed E-state index contributed by atoms with van der Waals surface area (Å²) < 4.78 is 1.78. The van der Waals surface area contributed by atoms with Crippen LogP contribution in [-0.2, 0) is 4.79 Å². The van der Waals surface area contributed by atoms with Crippen molar-refractivity contribution in [1.82, 2.24) is 19.6 Å². The minimum Gasteiger partial charge on any atom is -0.341 e. The SMILES string of the molecule is Cc1ccccc1-n1ncc2c1N(CC(=O)N1CCC(C)CC1)C(=O)N1CCCN=C21. The maximum Gasteiger partial charge on any atom is 0.331 e. The molecule has 8 heteroatoms. The van der Waals surface area contributed by atoms with Gasteiger partial charge >= 0.3 is 6.03 Å². The van der Waals surface area contributed by atoms with Crippen LogP contribution in [0.5, 0.6) is 0 Å². The molecule has 0 bridgehead atoms. The summed E-state index contributed by atoms with van der Waals surface area (Å²) in [5.74, 6) is 1.93. The van der Waals surface area contributed by atoms with Crippen LogP contribution in [0.25, 0.3) is 5.69 Å². The lowest BCUT2D eigenvalue weighted by Crippen LogP contribution is -2.56. The number of carbonyl (C=O) groups excluding carboxylic acids is 2. The van der Waals surface area contributed by atoms with Gasteiger partial charge in [0.25, 0.3) is 0 Å². The summed E-state index contributed by atoms with van der Waals surface area (Å²) in [7, 11) is 0. The third kappa shape index (κ3) is 3.40. The summed E-state index contributed by atoms with van der Waals surface area (Å²) in [6.07, 6.45) is 4.61. The molecule has 3 aliphatic heterocycles. The molecule has 5 rings (SSSR count). The summed E-state index contributed by atoms with van der Waals surface area (Å²) in [4.78, 5) is 36.5. The monoisotopic (exact) mass is 420 g/mol. The average molecular weight is 421 g/mol. The van der Waals surface area contributed by atoms with Crippen molar-refractivity contribution in [2.75, 3.05) is 37.6 Å². The number of amides is 3. The van der Waals surface area contributed by atoms with Gasteiger partial charge in [0.05, 0.1) is 17.4 Å². The summed E-state index contributed by atoms with van der Waals surface area (Å²) >= 11 is 0. The molecule has 3 amide bonds. The van der Waals surface area contributed by atoms with E-state index >= 15 is 0 Å². The molecule has 0 spiro atoms. The predicted octanol–water partition coefficient (Wildman–Crippen LogP) is 2.83. The number of fused-ring (bicyclic) bond motifs is 3. The molecule has 0 aliphatic carbocycles. The zero-order valence-corrected chi connectivity index (χ0v) is 18.1. The number of hydrogen-bond acceptors (Lipinski definition) is 4. The maximum absolute atomic E-state index is 13.5. The lowest BCUT2D eigenvalue weighted by molar-refractivity contribution is -0.130. The first-order chi connectivity index (χ1) is 15.0. The van der Waals surface area contributed by atoms with Crippen molar-refractivity contribution < 1.29 is 9.59 Å². The van der Waals surface area contributed by atoms with Gasteiger partial charge in [-0.05, 0) is 43.7 Å². The van der Waals surface area contributed by atoms with Crippen LogP contribution in [0.1, 0.15) is 37.3 Å². The van der Waals surface area contributed by atoms with E-state index in [-0.39, 0.29) is 18.5 Å². The van der Waals surface area contributed by atoms with E-state index in [9.17, 15) is 9.59 Å². The topological polar surface area (TPSA) is 74.0 Å². The number of carbonyl (C=O) groups is 2. The van der Waals surface area contributed by atoms with Crippen LogP contribution >= 0.6 is 0 Å². The van der Waals surface area contributed by atoms with Gasteiger partial charge in [0, 0.05) is 26.2 Å². The first-order valence-corrected chi connectivity index (χ1v) is 11.1. The molecule has 0 atom stereocenters. The Kier molecular flexibility index (Phi) is 5.00. The molecule has 1 aromatic carbocycles. The van der Waals surface area contributed by atoms with Crippen LogP contribution < -0.4 is 4.90 Å². The largest absolute Gasteiger partial charge is 0.341 e. The van der Waals surface area contributed by atoms with Gasteiger partial charge in [0.2, 0.25) is 5.91 Å². The average Bonchev–Trinajstić information content (AvgIpc) is 3.22. The number of aliphatic imine (C=N–C) groups is 1. The number of benzene rings is 1. The van der Waals surface area contributed by atoms with Crippen LogP contribution in [-0.4, -0.2) is 70.1 Å². The van der Waals surface area contributed by atoms with Crippen molar-refractivity contribution in [3.63, 3.8) is 0 Å².